The molecule has 0 aliphatic rings. The number of pyridine rings is 1. The number of aryl methyl sites for hydroxylation is 2. The monoisotopic (exact) mass is 409 g/mol. The van der Waals surface area contributed by atoms with E-state index in [1.807, 2.05) is 30.7 Å². The third-order valence-electron chi connectivity index (χ3n) is 5.57. The summed E-state index contributed by atoms with van der Waals surface area (Å²) in [7, 11) is 1.71. The molecule has 0 amide bonds. The summed E-state index contributed by atoms with van der Waals surface area (Å²) in [5.41, 5.74) is 6.68. The van der Waals surface area contributed by atoms with Gasteiger partial charge in [-0.15, -0.1) is 10.2 Å². The number of methoxy groups -OCH3 is 1. The van der Waals surface area contributed by atoms with Crippen LogP contribution in [0.15, 0.2) is 85.7 Å². The highest BCUT2D eigenvalue weighted by atomic mass is 16.5. The molecule has 0 aliphatic carbocycles. The molecule has 6 heteroatoms. The van der Waals surface area contributed by atoms with Crippen LogP contribution >= 0.6 is 0 Å². The van der Waals surface area contributed by atoms with Crippen LogP contribution in [0, 0.1) is 0 Å². The average molecular weight is 409 g/mol. The van der Waals surface area contributed by atoms with Gasteiger partial charge >= 0.3 is 0 Å². The summed E-state index contributed by atoms with van der Waals surface area (Å²) in [6.07, 6.45) is 9.16. The number of aromatic nitrogens is 5. The van der Waals surface area contributed by atoms with Gasteiger partial charge in [0.1, 0.15) is 12.1 Å². The maximum Gasteiger partial charge on any atom is 0.168 e. The number of nitrogens with zero attached hydrogens (tertiary/aromatic N) is 5. The zero-order valence-electron chi connectivity index (χ0n) is 17.3. The van der Waals surface area contributed by atoms with E-state index in [1.165, 1.54) is 16.8 Å². The van der Waals surface area contributed by atoms with Crippen molar-refractivity contribution >= 4 is 5.65 Å². The summed E-state index contributed by atoms with van der Waals surface area (Å²) in [5.74, 6) is 0.926. The second kappa shape index (κ2) is 8.44. The highest BCUT2D eigenvalue weighted by molar-refractivity contribution is 5.77. The van der Waals surface area contributed by atoms with Crippen molar-refractivity contribution in [1.29, 1.82) is 0 Å². The Bertz CT molecular complexity index is 1290. The van der Waals surface area contributed by atoms with Crippen LogP contribution in [0.4, 0.5) is 0 Å². The maximum atomic E-state index is 5.49. The van der Waals surface area contributed by atoms with Crippen molar-refractivity contribution in [3.8, 4) is 16.9 Å². The van der Waals surface area contributed by atoms with Crippen LogP contribution < -0.4 is 4.74 Å². The summed E-state index contributed by atoms with van der Waals surface area (Å²) < 4.78 is 9.63. The molecular weight excluding hydrogens is 386 g/mol. The molecule has 0 spiro atoms. The Morgan fingerprint density at radius 1 is 0.903 bits per heavy atom. The highest BCUT2D eigenvalue weighted by Crippen LogP contribution is 2.26. The number of ether oxygens (including phenoxy) is 1. The number of hydrogen-bond acceptors (Lipinski definition) is 4. The summed E-state index contributed by atoms with van der Waals surface area (Å²) in [6, 6.07) is 21.1. The van der Waals surface area contributed by atoms with E-state index in [-0.39, 0.29) is 0 Å². The molecule has 2 aromatic carbocycles. The number of hydrogen-bond donors (Lipinski definition) is 0. The van der Waals surface area contributed by atoms with Gasteiger partial charge in [-0.25, -0.2) is 4.98 Å². The van der Waals surface area contributed by atoms with Crippen LogP contribution in [0.1, 0.15) is 16.8 Å². The minimum absolute atomic E-state index is 0.808. The lowest BCUT2D eigenvalue weighted by Gasteiger charge is -2.11. The van der Waals surface area contributed by atoms with Gasteiger partial charge in [0.25, 0.3) is 0 Å². The van der Waals surface area contributed by atoms with E-state index in [2.05, 4.69) is 66.6 Å². The van der Waals surface area contributed by atoms with Crippen LogP contribution in [0.5, 0.6) is 5.75 Å². The zero-order chi connectivity index (χ0) is 21.0. The smallest absolute Gasteiger partial charge is 0.168 e. The predicted molar refractivity (Wildman–Crippen MR) is 120 cm³/mol. The molecule has 0 fully saturated rings. The number of fused-ring (bicyclic) bond motifs is 1. The van der Waals surface area contributed by atoms with Crippen molar-refractivity contribution in [3.63, 3.8) is 0 Å². The summed E-state index contributed by atoms with van der Waals surface area (Å²) >= 11 is 0. The predicted octanol–water partition coefficient (Wildman–Crippen LogP) is 4.43. The molecule has 0 saturated carbocycles. The Labute approximate surface area is 180 Å². The van der Waals surface area contributed by atoms with E-state index < -0.39 is 0 Å². The minimum Gasteiger partial charge on any atom is -0.496 e. The fourth-order valence-electron chi connectivity index (χ4n) is 3.95. The standard InChI is InChI=1S/C25H23N5O/c1-31-24-5-3-2-4-21(24)10-11-22-12-13-23(25-28-27-18-30(22)25)20-8-6-19(7-9-20)16-29-15-14-26-17-29/h2-9,12-15,17-18H,10-11,16H2,1H3. The van der Waals surface area contributed by atoms with E-state index >= 15 is 0 Å². The largest absolute Gasteiger partial charge is 0.496 e. The Morgan fingerprint density at radius 3 is 2.58 bits per heavy atom. The summed E-state index contributed by atoms with van der Waals surface area (Å²) in [5, 5.41) is 8.59. The summed E-state index contributed by atoms with van der Waals surface area (Å²) in [4.78, 5) is 4.10. The molecule has 0 radical (unpaired) electrons. The van der Waals surface area contributed by atoms with Gasteiger partial charge in [0, 0.05) is 30.2 Å². The van der Waals surface area contributed by atoms with Crippen molar-refractivity contribution in [1.82, 2.24) is 24.1 Å². The number of para-hydroxylation sites is 1. The van der Waals surface area contributed by atoms with Gasteiger partial charge in [0.05, 0.1) is 13.4 Å². The molecule has 3 heterocycles. The lowest BCUT2D eigenvalue weighted by Crippen LogP contribution is -2.01. The molecule has 0 bridgehead atoms. The number of benzene rings is 2. The van der Waals surface area contributed by atoms with E-state index in [1.54, 1.807) is 19.6 Å². The van der Waals surface area contributed by atoms with Gasteiger partial charge in [-0.1, -0.05) is 42.5 Å². The first-order valence-corrected chi connectivity index (χ1v) is 10.3. The third-order valence-corrected chi connectivity index (χ3v) is 5.57. The molecule has 0 N–H and O–H groups in total. The third kappa shape index (κ3) is 3.92. The first-order chi connectivity index (χ1) is 15.3. The van der Waals surface area contributed by atoms with Crippen molar-refractivity contribution < 1.29 is 4.74 Å². The topological polar surface area (TPSA) is 57.2 Å². The van der Waals surface area contributed by atoms with Crippen molar-refractivity contribution in [2.45, 2.75) is 19.4 Å². The molecule has 0 unspecified atom stereocenters. The first-order valence-electron chi connectivity index (χ1n) is 10.3. The lowest BCUT2D eigenvalue weighted by molar-refractivity contribution is 0.409. The van der Waals surface area contributed by atoms with Gasteiger partial charge in [-0.05, 0) is 47.7 Å². The van der Waals surface area contributed by atoms with Crippen molar-refractivity contribution in [3.05, 3.63) is 103 Å². The zero-order valence-corrected chi connectivity index (χ0v) is 17.3. The number of imidazole rings is 1. The van der Waals surface area contributed by atoms with Crippen LogP contribution in [0.2, 0.25) is 0 Å². The van der Waals surface area contributed by atoms with Gasteiger partial charge in [0.2, 0.25) is 0 Å². The molecule has 31 heavy (non-hydrogen) atoms. The van der Waals surface area contributed by atoms with E-state index in [9.17, 15) is 0 Å². The molecule has 0 atom stereocenters. The van der Waals surface area contributed by atoms with E-state index in [0.717, 1.165) is 41.9 Å². The molecule has 3 aromatic heterocycles. The average Bonchev–Trinajstić information content (AvgIpc) is 3.51. The van der Waals surface area contributed by atoms with E-state index in [0.29, 0.717) is 0 Å². The molecular formula is C25H23N5O. The Balaban J connectivity index is 1.39. The Kier molecular flexibility index (Phi) is 5.19. The second-order valence-electron chi connectivity index (χ2n) is 7.51. The normalized spacial score (nSPS) is 11.1. The first kappa shape index (κ1) is 19.1. The Hall–Kier alpha value is -3.93. The molecule has 0 aliphatic heterocycles. The van der Waals surface area contributed by atoms with Crippen molar-refractivity contribution in [2.24, 2.45) is 0 Å². The Morgan fingerprint density at radius 2 is 1.77 bits per heavy atom. The molecule has 0 saturated heterocycles. The molecule has 5 aromatic rings. The fourth-order valence-corrected chi connectivity index (χ4v) is 3.95. The highest BCUT2D eigenvalue weighted by Gasteiger charge is 2.11. The number of rotatable bonds is 7. The van der Waals surface area contributed by atoms with Gasteiger partial charge in [0.15, 0.2) is 5.65 Å². The van der Waals surface area contributed by atoms with Gasteiger partial charge < -0.3 is 9.30 Å². The van der Waals surface area contributed by atoms with E-state index in [4.69, 9.17) is 4.74 Å². The lowest BCUT2D eigenvalue weighted by atomic mass is 10.0. The molecule has 154 valence electrons. The van der Waals surface area contributed by atoms with Gasteiger partial charge in [-0.3, -0.25) is 4.40 Å². The second-order valence-corrected chi connectivity index (χ2v) is 7.51. The van der Waals surface area contributed by atoms with Crippen molar-refractivity contribution in [2.75, 3.05) is 7.11 Å². The SMILES string of the molecule is COc1ccccc1CCc1ccc(-c2ccc(Cn3ccnc3)cc2)c2nncn12. The quantitative estimate of drug-likeness (QED) is 0.399. The van der Waals surface area contributed by atoms with Crippen LogP contribution in [-0.4, -0.2) is 31.3 Å². The minimum atomic E-state index is 0.808. The fraction of sp³-hybridized carbons (Fsp3) is 0.160. The molecule has 6 nitrogen and oxygen atoms in total. The van der Waals surface area contributed by atoms with Crippen LogP contribution in [0.25, 0.3) is 16.8 Å². The molecule has 5 rings (SSSR count). The van der Waals surface area contributed by atoms with Crippen LogP contribution in [0.3, 0.4) is 0 Å². The van der Waals surface area contributed by atoms with Gasteiger partial charge in [-0.2, -0.15) is 0 Å². The maximum absolute atomic E-state index is 5.49. The summed E-state index contributed by atoms with van der Waals surface area (Å²) in [6.45, 7) is 0.808. The van der Waals surface area contributed by atoms with Crippen LogP contribution in [-0.2, 0) is 19.4 Å².